The van der Waals surface area contributed by atoms with E-state index < -0.39 is 0 Å². The van der Waals surface area contributed by atoms with Crippen LogP contribution in [0, 0.1) is 0 Å². The number of halogens is 1. The standard InChI is InChI=1S/C18H18ClN3O2/c1-24-9-8-20-18(23)14-4-7-17-16(10-14)21-12-22(17)11-13-2-5-15(19)6-3-13/h2-7,10,12H,8-9,11H2,1H3,(H,20,23). The Bertz CT molecular complexity index is 843. The van der Waals surface area contributed by atoms with Crippen molar-refractivity contribution in [2.45, 2.75) is 6.54 Å². The van der Waals surface area contributed by atoms with Gasteiger partial charge in [-0.3, -0.25) is 4.79 Å². The Kier molecular flexibility index (Phi) is 5.13. The summed E-state index contributed by atoms with van der Waals surface area (Å²) >= 11 is 5.92. The number of nitrogens with one attached hydrogen (secondary N) is 1. The second kappa shape index (κ2) is 7.47. The highest BCUT2D eigenvalue weighted by Crippen LogP contribution is 2.17. The van der Waals surface area contributed by atoms with Crippen molar-refractivity contribution in [1.29, 1.82) is 0 Å². The average molecular weight is 344 g/mol. The zero-order valence-corrected chi connectivity index (χ0v) is 14.1. The molecule has 0 bridgehead atoms. The van der Waals surface area contributed by atoms with Crippen molar-refractivity contribution >= 4 is 28.5 Å². The van der Waals surface area contributed by atoms with Crippen LogP contribution in [0.25, 0.3) is 11.0 Å². The Balaban J connectivity index is 1.78. The van der Waals surface area contributed by atoms with Crippen molar-refractivity contribution in [2.75, 3.05) is 20.3 Å². The second-order valence-corrected chi connectivity index (χ2v) is 5.89. The minimum absolute atomic E-state index is 0.124. The summed E-state index contributed by atoms with van der Waals surface area (Å²) in [5, 5.41) is 3.53. The molecule has 3 aromatic rings. The second-order valence-electron chi connectivity index (χ2n) is 5.45. The summed E-state index contributed by atoms with van der Waals surface area (Å²) in [5.74, 6) is -0.124. The predicted molar refractivity (Wildman–Crippen MR) is 94.5 cm³/mol. The Morgan fingerprint density at radius 3 is 2.79 bits per heavy atom. The topological polar surface area (TPSA) is 56.1 Å². The fraction of sp³-hybridized carbons (Fsp3) is 0.222. The average Bonchev–Trinajstić information content (AvgIpc) is 2.99. The molecule has 1 aromatic heterocycles. The maximum Gasteiger partial charge on any atom is 0.251 e. The van der Waals surface area contributed by atoms with Crippen LogP contribution in [0.5, 0.6) is 0 Å². The van der Waals surface area contributed by atoms with Crippen LogP contribution in [0.1, 0.15) is 15.9 Å². The lowest BCUT2D eigenvalue weighted by molar-refractivity contribution is 0.0937. The number of fused-ring (bicyclic) bond motifs is 1. The number of carbonyl (C=O) groups is 1. The molecule has 0 saturated heterocycles. The maximum atomic E-state index is 12.1. The van der Waals surface area contributed by atoms with Gasteiger partial charge in [-0.1, -0.05) is 23.7 Å². The lowest BCUT2D eigenvalue weighted by atomic mass is 10.1. The lowest BCUT2D eigenvalue weighted by Crippen LogP contribution is -2.26. The van der Waals surface area contributed by atoms with Crippen LogP contribution in [0.15, 0.2) is 48.8 Å². The third kappa shape index (κ3) is 3.75. The Labute approximate surface area is 145 Å². The van der Waals surface area contributed by atoms with Gasteiger partial charge >= 0.3 is 0 Å². The summed E-state index contributed by atoms with van der Waals surface area (Å²) in [5.41, 5.74) is 3.51. The van der Waals surface area contributed by atoms with Crippen molar-refractivity contribution in [2.24, 2.45) is 0 Å². The van der Waals surface area contributed by atoms with Gasteiger partial charge in [0, 0.05) is 30.8 Å². The number of imidazole rings is 1. The molecule has 124 valence electrons. The van der Waals surface area contributed by atoms with Crippen molar-refractivity contribution in [3.63, 3.8) is 0 Å². The normalized spacial score (nSPS) is 10.9. The summed E-state index contributed by atoms with van der Waals surface area (Å²) in [6.45, 7) is 1.68. The van der Waals surface area contributed by atoms with Crippen LogP contribution < -0.4 is 5.32 Å². The molecule has 1 heterocycles. The van der Waals surface area contributed by atoms with Gasteiger partial charge < -0.3 is 14.6 Å². The molecule has 0 spiro atoms. The highest BCUT2D eigenvalue weighted by molar-refractivity contribution is 6.30. The van der Waals surface area contributed by atoms with Crippen LogP contribution in [-0.4, -0.2) is 35.7 Å². The van der Waals surface area contributed by atoms with E-state index in [2.05, 4.69) is 10.3 Å². The summed E-state index contributed by atoms with van der Waals surface area (Å²) in [6.07, 6.45) is 1.78. The molecule has 0 aliphatic carbocycles. The number of ether oxygens (including phenoxy) is 1. The summed E-state index contributed by atoms with van der Waals surface area (Å²) < 4.78 is 6.97. The number of amides is 1. The number of rotatable bonds is 6. The summed E-state index contributed by atoms with van der Waals surface area (Å²) in [6, 6.07) is 13.3. The molecule has 0 aliphatic rings. The first-order chi connectivity index (χ1) is 11.7. The van der Waals surface area contributed by atoms with Gasteiger partial charge in [0.25, 0.3) is 5.91 Å². The molecule has 0 radical (unpaired) electrons. The van der Waals surface area contributed by atoms with Crippen LogP contribution in [0.3, 0.4) is 0 Å². The number of nitrogens with zero attached hydrogens (tertiary/aromatic N) is 2. The molecular formula is C18H18ClN3O2. The molecule has 6 heteroatoms. The van der Waals surface area contributed by atoms with Crippen LogP contribution in [0.2, 0.25) is 5.02 Å². The molecular weight excluding hydrogens is 326 g/mol. The molecule has 2 aromatic carbocycles. The highest BCUT2D eigenvalue weighted by atomic mass is 35.5. The first kappa shape index (κ1) is 16.5. The number of aromatic nitrogens is 2. The molecule has 0 saturated carbocycles. The van der Waals surface area contributed by atoms with Gasteiger partial charge in [-0.15, -0.1) is 0 Å². The van der Waals surface area contributed by atoms with Crippen LogP contribution in [-0.2, 0) is 11.3 Å². The predicted octanol–water partition coefficient (Wildman–Crippen LogP) is 3.11. The third-order valence-electron chi connectivity index (χ3n) is 3.74. The van der Waals surface area contributed by atoms with E-state index in [0.29, 0.717) is 25.3 Å². The molecule has 0 fully saturated rings. The summed E-state index contributed by atoms with van der Waals surface area (Å²) in [4.78, 5) is 16.5. The minimum atomic E-state index is -0.124. The molecule has 0 atom stereocenters. The van der Waals surface area contributed by atoms with Gasteiger partial charge in [0.2, 0.25) is 0 Å². The number of hydrogen-bond donors (Lipinski definition) is 1. The quantitative estimate of drug-likeness (QED) is 0.700. The lowest BCUT2D eigenvalue weighted by Gasteiger charge is -2.06. The van der Waals surface area contributed by atoms with Crippen molar-refractivity contribution < 1.29 is 9.53 Å². The Morgan fingerprint density at radius 2 is 2.04 bits per heavy atom. The molecule has 5 nitrogen and oxygen atoms in total. The fourth-order valence-corrected chi connectivity index (χ4v) is 2.61. The van der Waals surface area contributed by atoms with Gasteiger partial charge in [-0.05, 0) is 35.9 Å². The minimum Gasteiger partial charge on any atom is -0.383 e. The molecule has 24 heavy (non-hydrogen) atoms. The summed E-state index contributed by atoms with van der Waals surface area (Å²) in [7, 11) is 1.60. The molecule has 0 aliphatic heterocycles. The van der Waals surface area contributed by atoms with Gasteiger partial charge in [-0.2, -0.15) is 0 Å². The van der Waals surface area contributed by atoms with E-state index in [-0.39, 0.29) is 5.91 Å². The number of hydrogen-bond acceptors (Lipinski definition) is 3. The number of benzene rings is 2. The largest absolute Gasteiger partial charge is 0.383 e. The molecule has 1 N–H and O–H groups in total. The van der Waals surface area contributed by atoms with E-state index in [1.54, 1.807) is 19.5 Å². The smallest absolute Gasteiger partial charge is 0.251 e. The SMILES string of the molecule is COCCNC(=O)c1ccc2c(c1)ncn2Cc1ccc(Cl)cc1. The first-order valence-electron chi connectivity index (χ1n) is 7.64. The highest BCUT2D eigenvalue weighted by Gasteiger charge is 2.09. The first-order valence-corrected chi connectivity index (χ1v) is 8.01. The van der Waals surface area contributed by atoms with E-state index >= 15 is 0 Å². The number of methoxy groups -OCH3 is 1. The van der Waals surface area contributed by atoms with Crippen molar-refractivity contribution in [3.05, 3.63) is 64.9 Å². The molecule has 1 amide bonds. The van der Waals surface area contributed by atoms with Crippen molar-refractivity contribution in [1.82, 2.24) is 14.9 Å². The Morgan fingerprint density at radius 1 is 1.25 bits per heavy atom. The van der Waals surface area contributed by atoms with E-state index in [9.17, 15) is 4.79 Å². The zero-order valence-electron chi connectivity index (χ0n) is 13.3. The fourth-order valence-electron chi connectivity index (χ4n) is 2.49. The van der Waals surface area contributed by atoms with Gasteiger partial charge in [0.1, 0.15) is 0 Å². The van der Waals surface area contributed by atoms with E-state index in [4.69, 9.17) is 16.3 Å². The monoisotopic (exact) mass is 343 g/mol. The Hall–Kier alpha value is -2.37. The van der Waals surface area contributed by atoms with E-state index in [0.717, 1.165) is 21.6 Å². The van der Waals surface area contributed by atoms with Gasteiger partial charge in [0.05, 0.1) is 24.0 Å². The third-order valence-corrected chi connectivity index (χ3v) is 3.99. The van der Waals surface area contributed by atoms with E-state index in [1.807, 2.05) is 41.0 Å². The van der Waals surface area contributed by atoms with Gasteiger partial charge in [0.15, 0.2) is 0 Å². The van der Waals surface area contributed by atoms with Gasteiger partial charge in [-0.25, -0.2) is 4.98 Å². The number of carbonyl (C=O) groups excluding carboxylic acids is 1. The zero-order chi connectivity index (χ0) is 16.9. The molecule has 3 rings (SSSR count). The van der Waals surface area contributed by atoms with Crippen molar-refractivity contribution in [3.8, 4) is 0 Å². The molecule has 0 unspecified atom stereocenters. The van der Waals surface area contributed by atoms with Crippen LogP contribution in [0.4, 0.5) is 0 Å². The van der Waals surface area contributed by atoms with Crippen LogP contribution >= 0.6 is 11.6 Å². The maximum absolute atomic E-state index is 12.1. The van der Waals surface area contributed by atoms with E-state index in [1.165, 1.54) is 0 Å².